The number of esters is 1. The van der Waals surface area contributed by atoms with E-state index in [0.717, 1.165) is 6.21 Å². The van der Waals surface area contributed by atoms with Crippen molar-refractivity contribution in [1.29, 1.82) is 0 Å². The van der Waals surface area contributed by atoms with E-state index >= 15 is 0 Å². The summed E-state index contributed by atoms with van der Waals surface area (Å²) in [5.41, 5.74) is 5.84. The van der Waals surface area contributed by atoms with E-state index in [2.05, 4.69) is 25.7 Å². The molecule has 1 fully saturated rings. The van der Waals surface area contributed by atoms with Crippen LogP contribution in [0.2, 0.25) is 0 Å². The van der Waals surface area contributed by atoms with Gasteiger partial charge in [0.15, 0.2) is 5.78 Å². The number of likely N-dealkylation sites (tertiary alicyclic amines) is 1. The second-order valence-corrected chi connectivity index (χ2v) is 7.05. The van der Waals surface area contributed by atoms with E-state index < -0.39 is 29.7 Å². The van der Waals surface area contributed by atoms with Gasteiger partial charge in [-0.25, -0.2) is 9.18 Å². The van der Waals surface area contributed by atoms with Gasteiger partial charge in [-0.3, -0.25) is 14.6 Å². The normalized spacial score (nSPS) is 16.9. The number of hydrogen-bond acceptors (Lipinski definition) is 7. The van der Waals surface area contributed by atoms with E-state index in [9.17, 15) is 18.8 Å². The number of anilines is 1. The highest BCUT2D eigenvalue weighted by atomic mass is 79.9. The fourth-order valence-electron chi connectivity index (χ4n) is 2.76. The third kappa shape index (κ3) is 6.90. The van der Waals surface area contributed by atoms with Crippen molar-refractivity contribution < 1.29 is 28.2 Å². The fraction of sp³-hybridized carbons (Fsp3) is 0.474. The van der Waals surface area contributed by atoms with Crippen molar-refractivity contribution in [3.63, 3.8) is 0 Å². The van der Waals surface area contributed by atoms with Crippen LogP contribution in [0.1, 0.15) is 25.3 Å². The van der Waals surface area contributed by atoms with Gasteiger partial charge in [-0.05, 0) is 31.9 Å². The van der Waals surface area contributed by atoms with Crippen molar-refractivity contribution in [3.05, 3.63) is 28.0 Å². The molecule has 0 aromatic heterocycles. The van der Waals surface area contributed by atoms with Crippen molar-refractivity contribution in [3.8, 4) is 0 Å². The number of hydrogen-bond donors (Lipinski definition) is 1. The number of nitrogen functional groups attached to an aromatic ring is 1. The van der Waals surface area contributed by atoms with Crippen LogP contribution in [0.4, 0.5) is 10.1 Å². The molecule has 8 nitrogen and oxygen atoms in total. The molecule has 0 radical (unpaired) electrons. The average Bonchev–Trinajstić information content (AvgIpc) is 3.13. The Bertz CT molecular complexity index is 736. The van der Waals surface area contributed by atoms with Crippen LogP contribution in [0.25, 0.3) is 0 Å². The summed E-state index contributed by atoms with van der Waals surface area (Å²) in [7, 11) is 3.25. The number of carbonyl (C=O) groups excluding carboxylic acids is 3. The Labute approximate surface area is 177 Å². The van der Waals surface area contributed by atoms with Crippen molar-refractivity contribution >= 4 is 46.0 Å². The van der Waals surface area contributed by atoms with E-state index in [4.69, 9.17) is 10.5 Å². The van der Waals surface area contributed by atoms with Crippen molar-refractivity contribution in [2.45, 2.75) is 31.8 Å². The number of ketones is 1. The summed E-state index contributed by atoms with van der Waals surface area (Å²) in [5, 5.41) is 0. The zero-order valence-corrected chi connectivity index (χ0v) is 18.1. The van der Waals surface area contributed by atoms with E-state index in [1.165, 1.54) is 17.0 Å². The van der Waals surface area contributed by atoms with Crippen LogP contribution in [0, 0.1) is 5.82 Å². The molecule has 1 aliphatic rings. The van der Waals surface area contributed by atoms with Gasteiger partial charge < -0.3 is 20.1 Å². The second-order valence-electron chi connectivity index (χ2n) is 6.14. The van der Waals surface area contributed by atoms with Gasteiger partial charge in [0, 0.05) is 37.1 Å². The number of methoxy groups -OCH3 is 1. The van der Waals surface area contributed by atoms with Crippen LogP contribution < -0.4 is 5.73 Å². The first-order valence-electron chi connectivity index (χ1n) is 8.89. The zero-order valence-electron chi connectivity index (χ0n) is 16.6. The summed E-state index contributed by atoms with van der Waals surface area (Å²) in [5.74, 6) is -2.05. The molecule has 2 unspecified atom stereocenters. The molecule has 2 atom stereocenters. The Morgan fingerprint density at radius 2 is 2.10 bits per heavy atom. The summed E-state index contributed by atoms with van der Waals surface area (Å²) in [6.07, 6.45) is 2.73. The number of ether oxygens (including phenoxy) is 2. The van der Waals surface area contributed by atoms with Gasteiger partial charge in [0.2, 0.25) is 12.5 Å². The Kier molecular flexibility index (Phi) is 10.5. The van der Waals surface area contributed by atoms with Gasteiger partial charge in [0.25, 0.3) is 0 Å². The fourth-order valence-corrected chi connectivity index (χ4v) is 3.21. The first kappa shape index (κ1) is 24.7. The van der Waals surface area contributed by atoms with E-state index in [1.54, 1.807) is 21.1 Å². The van der Waals surface area contributed by atoms with Crippen LogP contribution in [0.3, 0.4) is 0 Å². The topological polar surface area (TPSA) is 111 Å². The van der Waals surface area contributed by atoms with Crippen LogP contribution >= 0.6 is 15.9 Å². The van der Waals surface area contributed by atoms with Crippen LogP contribution in [-0.2, 0) is 23.9 Å². The maximum atomic E-state index is 14.1. The lowest BCUT2D eigenvalue weighted by atomic mass is 10.0. The molecule has 10 heteroatoms. The maximum Gasteiger partial charge on any atom is 0.338 e. The number of Topliss-reactive ketones (excluding diaryl/α,β-unsaturated/α-hetero) is 1. The number of benzene rings is 1. The molecule has 1 aliphatic heterocycles. The van der Waals surface area contributed by atoms with Crippen molar-refractivity contribution in [2.24, 2.45) is 4.99 Å². The molecule has 0 aliphatic carbocycles. The predicted molar refractivity (Wildman–Crippen MR) is 110 cm³/mol. The van der Waals surface area contributed by atoms with Crippen LogP contribution in [-0.4, -0.2) is 68.7 Å². The lowest BCUT2D eigenvalue weighted by Crippen LogP contribution is -2.44. The van der Waals surface area contributed by atoms with Gasteiger partial charge in [0.05, 0.1) is 18.2 Å². The Morgan fingerprint density at radius 3 is 2.66 bits per heavy atom. The third-order valence-corrected chi connectivity index (χ3v) is 4.47. The number of amides is 1. The molecule has 2 rings (SSSR count). The summed E-state index contributed by atoms with van der Waals surface area (Å²) < 4.78 is 23.7. The minimum Gasteiger partial charge on any atom is -0.464 e. The molecule has 0 spiro atoms. The van der Waals surface area contributed by atoms with Gasteiger partial charge in [-0.15, -0.1) is 0 Å². The molecular weight excluding hydrogens is 449 g/mol. The lowest BCUT2D eigenvalue weighted by Gasteiger charge is -2.21. The minimum absolute atomic E-state index is 0.0334. The SMILES string of the molecule is CCOC(=O)C(N=Cc1c(N)cc(Br)cc1F)C(=O)C1CCCN1C=O.COC. The number of nitrogens with two attached hydrogens (primary N) is 1. The average molecular weight is 474 g/mol. The molecule has 1 aromatic rings. The number of carbonyl (C=O) groups is 3. The van der Waals surface area contributed by atoms with Crippen LogP contribution in [0.15, 0.2) is 21.6 Å². The van der Waals surface area contributed by atoms with Crippen molar-refractivity contribution in [2.75, 3.05) is 33.1 Å². The number of halogens is 2. The highest BCUT2D eigenvalue weighted by molar-refractivity contribution is 9.10. The highest BCUT2D eigenvalue weighted by Gasteiger charge is 2.38. The monoisotopic (exact) mass is 473 g/mol. The molecule has 1 aromatic carbocycles. The number of rotatable bonds is 7. The second kappa shape index (κ2) is 12.3. The largest absolute Gasteiger partial charge is 0.464 e. The number of nitrogens with zero attached hydrogens (tertiary/aromatic N) is 2. The molecule has 0 bridgehead atoms. The highest BCUT2D eigenvalue weighted by Crippen LogP contribution is 2.22. The van der Waals surface area contributed by atoms with Gasteiger partial charge in [0.1, 0.15) is 5.82 Å². The zero-order chi connectivity index (χ0) is 22.0. The molecule has 0 saturated carbocycles. The Balaban J connectivity index is 0.00000132. The molecule has 29 heavy (non-hydrogen) atoms. The van der Waals surface area contributed by atoms with Gasteiger partial charge in [-0.1, -0.05) is 15.9 Å². The first-order chi connectivity index (χ1) is 13.8. The molecular formula is C19H25BrFN3O5. The van der Waals surface area contributed by atoms with Crippen molar-refractivity contribution in [1.82, 2.24) is 4.90 Å². The number of aliphatic imine (C=N–C) groups is 1. The lowest BCUT2D eigenvalue weighted by molar-refractivity contribution is -0.149. The minimum atomic E-state index is -1.48. The van der Waals surface area contributed by atoms with Crippen LogP contribution in [0.5, 0.6) is 0 Å². The third-order valence-electron chi connectivity index (χ3n) is 4.02. The quantitative estimate of drug-likeness (QED) is 0.213. The van der Waals surface area contributed by atoms with E-state index in [0.29, 0.717) is 30.3 Å². The summed E-state index contributed by atoms with van der Waals surface area (Å²) in [6.45, 7) is 2.10. The van der Waals surface area contributed by atoms with Gasteiger partial charge in [-0.2, -0.15) is 0 Å². The molecule has 160 valence electrons. The van der Waals surface area contributed by atoms with E-state index in [-0.39, 0.29) is 17.9 Å². The Hall–Kier alpha value is -2.33. The molecule has 1 heterocycles. The van der Waals surface area contributed by atoms with E-state index in [1.807, 2.05) is 0 Å². The predicted octanol–water partition coefficient (Wildman–Crippen LogP) is 1.97. The molecule has 1 amide bonds. The Morgan fingerprint density at radius 1 is 1.45 bits per heavy atom. The smallest absolute Gasteiger partial charge is 0.338 e. The summed E-state index contributed by atoms with van der Waals surface area (Å²) >= 11 is 3.12. The summed E-state index contributed by atoms with van der Waals surface area (Å²) in [4.78, 5) is 41.3. The standard InChI is InChI=1S/C17H19BrFN3O4.C2H6O/c1-2-26-17(25)15(16(24)14-4-3-5-22(14)9-23)21-8-11-12(19)6-10(18)7-13(11)20;1-3-2/h6-9,14-15H,2-5,20H2,1H3;1-2H3. The maximum absolute atomic E-state index is 14.1. The summed E-state index contributed by atoms with van der Waals surface area (Å²) in [6, 6.07) is 0.454. The van der Waals surface area contributed by atoms with Gasteiger partial charge >= 0.3 is 5.97 Å². The molecule has 1 saturated heterocycles. The molecule has 2 N–H and O–H groups in total. The first-order valence-corrected chi connectivity index (χ1v) is 9.69.